The van der Waals surface area contributed by atoms with Crippen molar-refractivity contribution in [1.82, 2.24) is 10.3 Å². The van der Waals surface area contributed by atoms with Crippen LogP contribution in [0.3, 0.4) is 0 Å². The molecule has 5 heteroatoms. The van der Waals surface area contributed by atoms with Crippen LogP contribution in [0.4, 0.5) is 4.39 Å². The first-order chi connectivity index (χ1) is 8.92. The van der Waals surface area contributed by atoms with Crippen LogP contribution in [0.5, 0.6) is 0 Å². The number of halogens is 1. The lowest BCUT2D eigenvalue weighted by molar-refractivity contribution is -0.143. The molecule has 2 N–H and O–H groups in total. The fraction of sp³-hybridized carbons (Fsp3) is 0.286. The number of nitrogens with zero attached hydrogens (tertiary/aromatic N) is 1. The topological polar surface area (TPSA) is 62.2 Å². The van der Waals surface area contributed by atoms with E-state index in [-0.39, 0.29) is 5.82 Å². The van der Waals surface area contributed by atoms with Crippen LogP contribution in [0.25, 0.3) is 10.9 Å². The maximum absolute atomic E-state index is 13.6. The van der Waals surface area contributed by atoms with Crippen LogP contribution in [0, 0.1) is 5.82 Å². The lowest BCUT2D eigenvalue weighted by atomic mass is 10.0. The van der Waals surface area contributed by atoms with Crippen molar-refractivity contribution in [2.45, 2.75) is 25.9 Å². The van der Waals surface area contributed by atoms with Gasteiger partial charge in [-0.15, -0.1) is 0 Å². The summed E-state index contributed by atoms with van der Waals surface area (Å²) in [5.41, 5.74) is 0.276. The largest absolute Gasteiger partial charge is 0.480 e. The standard InChI is InChI=1S/C14H15FN2O2/c1-14(2,13(18)19)17-8-9-5-6-11(15)10-4-3-7-16-12(9)10/h3-7,17H,8H2,1-2H3,(H,18,19). The Balaban J connectivity index is 2.32. The number of aromatic nitrogens is 1. The molecule has 19 heavy (non-hydrogen) atoms. The zero-order valence-corrected chi connectivity index (χ0v) is 10.8. The molecule has 4 nitrogen and oxygen atoms in total. The van der Waals surface area contributed by atoms with E-state index < -0.39 is 11.5 Å². The van der Waals surface area contributed by atoms with Crippen LogP contribution in [0.15, 0.2) is 30.5 Å². The summed E-state index contributed by atoms with van der Waals surface area (Å²) in [5, 5.41) is 12.4. The van der Waals surface area contributed by atoms with Crippen LogP contribution in [0.2, 0.25) is 0 Å². The number of benzene rings is 1. The third kappa shape index (κ3) is 2.71. The first-order valence-electron chi connectivity index (χ1n) is 5.92. The van der Waals surface area contributed by atoms with E-state index in [0.29, 0.717) is 17.4 Å². The van der Waals surface area contributed by atoms with Gasteiger partial charge in [0.05, 0.1) is 5.52 Å². The number of aliphatic carboxylic acids is 1. The van der Waals surface area contributed by atoms with Crippen molar-refractivity contribution in [1.29, 1.82) is 0 Å². The monoisotopic (exact) mass is 262 g/mol. The maximum atomic E-state index is 13.6. The zero-order valence-electron chi connectivity index (χ0n) is 10.8. The summed E-state index contributed by atoms with van der Waals surface area (Å²) in [6.07, 6.45) is 1.59. The smallest absolute Gasteiger partial charge is 0.323 e. The van der Waals surface area contributed by atoms with Crippen molar-refractivity contribution < 1.29 is 14.3 Å². The number of hydrogen-bond donors (Lipinski definition) is 2. The molecule has 0 aliphatic heterocycles. The Morgan fingerprint density at radius 3 is 2.84 bits per heavy atom. The molecule has 0 saturated carbocycles. The summed E-state index contributed by atoms with van der Waals surface area (Å²) in [5.74, 6) is -1.27. The number of fused-ring (bicyclic) bond motifs is 1. The van der Waals surface area contributed by atoms with Crippen LogP contribution >= 0.6 is 0 Å². The van der Waals surface area contributed by atoms with Crippen molar-refractivity contribution in [3.63, 3.8) is 0 Å². The Hall–Kier alpha value is -2.01. The minimum atomic E-state index is -1.05. The van der Waals surface area contributed by atoms with Crippen molar-refractivity contribution >= 4 is 16.9 Å². The zero-order chi connectivity index (χ0) is 14.0. The van der Waals surface area contributed by atoms with Gasteiger partial charge in [-0.1, -0.05) is 6.07 Å². The minimum absolute atomic E-state index is 0.313. The van der Waals surface area contributed by atoms with E-state index in [1.165, 1.54) is 6.07 Å². The Bertz CT molecular complexity index is 626. The van der Waals surface area contributed by atoms with Crippen molar-refractivity contribution in [3.05, 3.63) is 41.8 Å². The number of pyridine rings is 1. The molecule has 1 aromatic heterocycles. The van der Waals surface area contributed by atoms with Gasteiger partial charge in [0.2, 0.25) is 0 Å². The number of hydrogen-bond acceptors (Lipinski definition) is 3. The molecule has 1 aromatic carbocycles. The molecule has 0 aliphatic rings. The van der Waals surface area contributed by atoms with Crippen LogP contribution in [0.1, 0.15) is 19.4 Å². The van der Waals surface area contributed by atoms with E-state index in [1.807, 2.05) is 0 Å². The van der Waals surface area contributed by atoms with E-state index in [2.05, 4.69) is 10.3 Å². The highest BCUT2D eigenvalue weighted by atomic mass is 19.1. The first kappa shape index (κ1) is 13.4. The van der Waals surface area contributed by atoms with Gasteiger partial charge in [-0.05, 0) is 37.6 Å². The number of rotatable bonds is 4. The van der Waals surface area contributed by atoms with Gasteiger partial charge < -0.3 is 5.11 Å². The molecule has 0 bridgehead atoms. The SMILES string of the molecule is CC(C)(NCc1ccc(F)c2cccnc12)C(=O)O. The fourth-order valence-corrected chi connectivity index (χ4v) is 1.73. The molecule has 0 fully saturated rings. The summed E-state index contributed by atoms with van der Waals surface area (Å²) in [4.78, 5) is 15.2. The molecule has 0 unspecified atom stereocenters. The summed E-state index contributed by atoms with van der Waals surface area (Å²) < 4.78 is 13.6. The van der Waals surface area contributed by atoms with E-state index in [4.69, 9.17) is 5.11 Å². The Labute approximate surface area is 110 Å². The normalized spacial score (nSPS) is 11.7. The fourth-order valence-electron chi connectivity index (χ4n) is 1.73. The van der Waals surface area contributed by atoms with E-state index in [9.17, 15) is 9.18 Å². The van der Waals surface area contributed by atoms with Crippen molar-refractivity contribution in [3.8, 4) is 0 Å². The highest BCUT2D eigenvalue weighted by molar-refractivity contribution is 5.82. The Morgan fingerprint density at radius 2 is 2.16 bits per heavy atom. The number of nitrogens with one attached hydrogen (secondary N) is 1. The Kier molecular flexibility index (Phi) is 3.48. The molecule has 2 aromatic rings. The molecule has 2 rings (SSSR count). The molecule has 100 valence electrons. The quantitative estimate of drug-likeness (QED) is 0.887. The third-order valence-electron chi connectivity index (χ3n) is 3.06. The lowest BCUT2D eigenvalue weighted by Gasteiger charge is -2.21. The molecule has 0 amide bonds. The van der Waals surface area contributed by atoms with Gasteiger partial charge >= 0.3 is 5.97 Å². The van der Waals surface area contributed by atoms with E-state index >= 15 is 0 Å². The second-order valence-electron chi connectivity index (χ2n) is 4.89. The van der Waals surface area contributed by atoms with Gasteiger partial charge in [-0.3, -0.25) is 15.1 Å². The molecule has 0 radical (unpaired) electrons. The Morgan fingerprint density at radius 1 is 1.42 bits per heavy atom. The summed E-state index contributed by atoms with van der Waals surface area (Å²) in [7, 11) is 0. The molecule has 0 saturated heterocycles. The molecule has 1 heterocycles. The van der Waals surface area contributed by atoms with Crippen molar-refractivity contribution in [2.24, 2.45) is 0 Å². The van der Waals surface area contributed by atoms with Crippen LogP contribution in [-0.2, 0) is 11.3 Å². The maximum Gasteiger partial charge on any atom is 0.323 e. The van der Waals surface area contributed by atoms with Gasteiger partial charge in [-0.2, -0.15) is 0 Å². The molecular weight excluding hydrogens is 247 g/mol. The summed E-state index contributed by atoms with van der Waals surface area (Å²) >= 11 is 0. The predicted octanol–water partition coefficient (Wildman–Crippen LogP) is 2.33. The summed E-state index contributed by atoms with van der Waals surface area (Å²) in [6.45, 7) is 3.47. The second-order valence-corrected chi connectivity index (χ2v) is 4.89. The average Bonchev–Trinajstić information content (AvgIpc) is 2.38. The van der Waals surface area contributed by atoms with Gasteiger partial charge in [-0.25, -0.2) is 4.39 Å². The van der Waals surface area contributed by atoms with Crippen molar-refractivity contribution in [2.75, 3.05) is 0 Å². The van der Waals surface area contributed by atoms with Crippen LogP contribution < -0.4 is 5.32 Å². The highest BCUT2D eigenvalue weighted by Crippen LogP contribution is 2.20. The van der Waals surface area contributed by atoms with Gasteiger partial charge in [0.25, 0.3) is 0 Å². The van der Waals surface area contributed by atoms with Gasteiger partial charge in [0.15, 0.2) is 0 Å². The number of carboxylic acids is 1. The predicted molar refractivity (Wildman–Crippen MR) is 70.3 cm³/mol. The molecule has 0 atom stereocenters. The van der Waals surface area contributed by atoms with Gasteiger partial charge in [0.1, 0.15) is 11.4 Å². The molecule has 0 aliphatic carbocycles. The second kappa shape index (κ2) is 4.93. The number of carboxylic acid groups (broad SMARTS) is 1. The third-order valence-corrected chi connectivity index (χ3v) is 3.06. The van der Waals surface area contributed by atoms with Gasteiger partial charge in [0, 0.05) is 18.1 Å². The lowest BCUT2D eigenvalue weighted by Crippen LogP contribution is -2.46. The van der Waals surface area contributed by atoms with E-state index in [0.717, 1.165) is 5.56 Å². The van der Waals surface area contributed by atoms with E-state index in [1.54, 1.807) is 38.2 Å². The average molecular weight is 262 g/mol. The highest BCUT2D eigenvalue weighted by Gasteiger charge is 2.26. The van der Waals surface area contributed by atoms with Crippen LogP contribution in [-0.4, -0.2) is 21.6 Å². The first-order valence-corrected chi connectivity index (χ1v) is 5.92. The minimum Gasteiger partial charge on any atom is -0.480 e. The summed E-state index contributed by atoms with van der Waals surface area (Å²) in [6, 6.07) is 6.32. The molecular formula is C14H15FN2O2. The number of carbonyl (C=O) groups is 1. The molecule has 0 spiro atoms.